The Labute approximate surface area is 167 Å². The molecule has 1 N–H and O–H groups in total. The third-order valence-electron chi connectivity index (χ3n) is 4.73. The van der Waals surface area contributed by atoms with E-state index in [1.165, 1.54) is 11.8 Å². The average Bonchev–Trinajstić information content (AvgIpc) is 3.34. The monoisotopic (exact) mass is 397 g/mol. The highest BCUT2D eigenvalue weighted by Crippen LogP contribution is 2.23. The summed E-state index contributed by atoms with van der Waals surface area (Å²) in [7, 11) is 0. The van der Waals surface area contributed by atoms with Gasteiger partial charge in [0.25, 0.3) is 11.7 Å². The fourth-order valence-electron chi connectivity index (χ4n) is 3.33. The average molecular weight is 398 g/mol. The molecule has 0 aliphatic carbocycles. The second-order valence-corrected chi connectivity index (χ2v) is 7.88. The number of aryl methyl sites for hydroxylation is 2. The van der Waals surface area contributed by atoms with Crippen LogP contribution in [-0.4, -0.2) is 44.7 Å². The lowest BCUT2D eigenvalue weighted by atomic mass is 10.1. The van der Waals surface area contributed by atoms with Gasteiger partial charge in [0.2, 0.25) is 5.16 Å². The molecule has 0 saturated carbocycles. The number of hydrogen-bond acceptors (Lipinski definition) is 6. The largest absolute Gasteiger partial charge is 0.376 e. The summed E-state index contributed by atoms with van der Waals surface area (Å²) in [5.41, 5.74) is 3.55. The van der Waals surface area contributed by atoms with Crippen LogP contribution in [0.1, 0.15) is 40.2 Å². The molecule has 1 amide bonds. The second kappa shape index (κ2) is 8.28. The Morgan fingerprint density at radius 2 is 2.18 bits per heavy atom. The highest BCUT2D eigenvalue weighted by molar-refractivity contribution is 7.98. The van der Waals surface area contributed by atoms with Crippen molar-refractivity contribution < 1.29 is 9.53 Å². The van der Waals surface area contributed by atoms with Crippen LogP contribution in [0, 0.1) is 13.8 Å². The van der Waals surface area contributed by atoms with Gasteiger partial charge >= 0.3 is 0 Å². The van der Waals surface area contributed by atoms with Gasteiger partial charge in [-0.25, -0.2) is 9.50 Å². The third-order valence-corrected chi connectivity index (χ3v) is 5.62. The minimum atomic E-state index is -0.0669. The van der Waals surface area contributed by atoms with Crippen molar-refractivity contribution in [3.05, 3.63) is 52.8 Å². The minimum absolute atomic E-state index is 0.0669. The van der Waals surface area contributed by atoms with E-state index in [9.17, 15) is 4.79 Å². The summed E-state index contributed by atoms with van der Waals surface area (Å²) in [6.45, 7) is 5.27. The van der Waals surface area contributed by atoms with Gasteiger partial charge in [0.15, 0.2) is 0 Å². The SMILES string of the molecule is Cc1cc(C)n2nc(SCc3ccccc3C(=O)NCC3CCCO3)nc2n1. The first-order chi connectivity index (χ1) is 13.6. The minimum Gasteiger partial charge on any atom is -0.376 e. The molecule has 1 saturated heterocycles. The molecular formula is C20H23N5O2S. The summed E-state index contributed by atoms with van der Waals surface area (Å²) < 4.78 is 7.32. The standard InChI is InChI=1S/C20H23N5O2S/c1-13-10-14(2)25-19(22-13)23-20(24-25)28-12-15-6-3-4-8-17(15)18(26)21-11-16-7-5-9-27-16/h3-4,6,8,10,16H,5,7,9,11-12H2,1-2H3,(H,21,26). The molecule has 146 valence electrons. The molecule has 1 atom stereocenters. The molecule has 7 nitrogen and oxygen atoms in total. The zero-order chi connectivity index (χ0) is 19.5. The van der Waals surface area contributed by atoms with Crippen LogP contribution in [0.4, 0.5) is 0 Å². The van der Waals surface area contributed by atoms with E-state index >= 15 is 0 Å². The van der Waals surface area contributed by atoms with Crippen LogP contribution in [0.5, 0.6) is 0 Å². The van der Waals surface area contributed by atoms with Crippen LogP contribution in [-0.2, 0) is 10.5 Å². The molecule has 3 aromatic rings. The second-order valence-electron chi connectivity index (χ2n) is 6.94. The van der Waals surface area contributed by atoms with Crippen LogP contribution in [0.25, 0.3) is 5.78 Å². The maximum absolute atomic E-state index is 12.6. The Hall–Kier alpha value is -2.45. The van der Waals surface area contributed by atoms with Crippen LogP contribution in [0.3, 0.4) is 0 Å². The number of hydrogen-bond donors (Lipinski definition) is 1. The summed E-state index contributed by atoms with van der Waals surface area (Å²) in [6, 6.07) is 9.63. The van der Waals surface area contributed by atoms with Crippen LogP contribution >= 0.6 is 11.8 Å². The summed E-state index contributed by atoms with van der Waals surface area (Å²) in [5, 5.41) is 8.17. The molecule has 1 aliphatic heterocycles. The number of aromatic nitrogens is 4. The first kappa shape index (κ1) is 18.9. The number of carbonyl (C=O) groups is 1. The fourth-order valence-corrected chi connectivity index (χ4v) is 4.15. The normalized spacial score (nSPS) is 16.6. The molecule has 1 aromatic carbocycles. The first-order valence-electron chi connectivity index (χ1n) is 9.41. The highest BCUT2D eigenvalue weighted by atomic mass is 32.2. The molecule has 1 unspecified atom stereocenters. The summed E-state index contributed by atoms with van der Waals surface area (Å²) in [6.07, 6.45) is 2.20. The lowest BCUT2D eigenvalue weighted by molar-refractivity contribution is 0.0857. The van der Waals surface area contributed by atoms with Gasteiger partial charge in [0, 0.05) is 35.9 Å². The number of amides is 1. The number of nitrogens with zero attached hydrogens (tertiary/aromatic N) is 4. The summed E-state index contributed by atoms with van der Waals surface area (Å²) >= 11 is 1.50. The predicted octanol–water partition coefficient (Wildman–Crippen LogP) is 2.94. The van der Waals surface area contributed by atoms with E-state index in [0.29, 0.717) is 28.8 Å². The summed E-state index contributed by atoms with van der Waals surface area (Å²) in [5.74, 6) is 1.14. The predicted molar refractivity (Wildman–Crippen MR) is 108 cm³/mol. The maximum Gasteiger partial charge on any atom is 0.253 e. The Morgan fingerprint density at radius 1 is 1.32 bits per heavy atom. The zero-order valence-corrected chi connectivity index (χ0v) is 16.8. The van der Waals surface area contributed by atoms with Gasteiger partial charge in [-0.15, -0.1) is 5.10 Å². The van der Waals surface area contributed by atoms with Gasteiger partial charge in [-0.3, -0.25) is 4.79 Å². The van der Waals surface area contributed by atoms with E-state index in [0.717, 1.165) is 36.4 Å². The van der Waals surface area contributed by atoms with Crippen molar-refractivity contribution in [2.24, 2.45) is 0 Å². The van der Waals surface area contributed by atoms with Crippen LogP contribution in [0.15, 0.2) is 35.5 Å². The van der Waals surface area contributed by atoms with Crippen molar-refractivity contribution in [1.29, 1.82) is 0 Å². The number of benzene rings is 1. The molecule has 8 heteroatoms. The van der Waals surface area contributed by atoms with E-state index < -0.39 is 0 Å². The number of thioether (sulfide) groups is 1. The fraction of sp³-hybridized carbons (Fsp3) is 0.400. The van der Waals surface area contributed by atoms with Crippen molar-refractivity contribution in [1.82, 2.24) is 24.9 Å². The Bertz CT molecular complexity index is 997. The molecule has 0 bridgehead atoms. The van der Waals surface area contributed by atoms with Crippen molar-refractivity contribution >= 4 is 23.4 Å². The van der Waals surface area contributed by atoms with E-state index in [2.05, 4.69) is 20.4 Å². The molecule has 1 aliphatic rings. The van der Waals surface area contributed by atoms with Crippen LogP contribution < -0.4 is 5.32 Å². The zero-order valence-electron chi connectivity index (χ0n) is 16.0. The molecule has 2 aromatic heterocycles. The third kappa shape index (κ3) is 4.18. The molecule has 3 heterocycles. The van der Waals surface area contributed by atoms with E-state index in [1.54, 1.807) is 4.52 Å². The van der Waals surface area contributed by atoms with Crippen molar-refractivity contribution in [3.63, 3.8) is 0 Å². The van der Waals surface area contributed by atoms with Gasteiger partial charge in [0.05, 0.1) is 6.10 Å². The topological polar surface area (TPSA) is 81.4 Å². The maximum atomic E-state index is 12.6. The van der Waals surface area contributed by atoms with Gasteiger partial charge < -0.3 is 10.1 Å². The number of nitrogens with one attached hydrogen (secondary N) is 1. The number of fused-ring (bicyclic) bond motifs is 1. The number of rotatable bonds is 6. The Morgan fingerprint density at radius 3 is 3.00 bits per heavy atom. The molecule has 0 spiro atoms. The van der Waals surface area contributed by atoms with Crippen LogP contribution in [0.2, 0.25) is 0 Å². The lowest BCUT2D eigenvalue weighted by Gasteiger charge is -2.12. The quantitative estimate of drug-likeness (QED) is 0.644. The van der Waals surface area contributed by atoms with Gasteiger partial charge in [-0.1, -0.05) is 30.0 Å². The van der Waals surface area contributed by atoms with Gasteiger partial charge in [-0.2, -0.15) is 4.98 Å². The van der Waals surface area contributed by atoms with Crippen molar-refractivity contribution in [2.75, 3.05) is 13.2 Å². The molecule has 0 radical (unpaired) electrons. The lowest BCUT2D eigenvalue weighted by Crippen LogP contribution is -2.32. The van der Waals surface area contributed by atoms with Gasteiger partial charge in [0.1, 0.15) is 0 Å². The highest BCUT2D eigenvalue weighted by Gasteiger charge is 2.18. The van der Waals surface area contributed by atoms with E-state index in [4.69, 9.17) is 4.74 Å². The Balaban J connectivity index is 1.45. The van der Waals surface area contributed by atoms with E-state index in [1.807, 2.05) is 44.2 Å². The number of ether oxygens (including phenoxy) is 1. The molecule has 28 heavy (non-hydrogen) atoms. The Kier molecular flexibility index (Phi) is 5.59. The first-order valence-corrected chi connectivity index (χ1v) is 10.4. The molecule has 1 fully saturated rings. The van der Waals surface area contributed by atoms with Crippen molar-refractivity contribution in [2.45, 2.75) is 43.7 Å². The molecular weight excluding hydrogens is 374 g/mol. The van der Waals surface area contributed by atoms with E-state index in [-0.39, 0.29) is 12.0 Å². The van der Waals surface area contributed by atoms with Gasteiger partial charge in [-0.05, 0) is 44.4 Å². The van der Waals surface area contributed by atoms with Crippen molar-refractivity contribution in [3.8, 4) is 0 Å². The smallest absolute Gasteiger partial charge is 0.253 e. The summed E-state index contributed by atoms with van der Waals surface area (Å²) in [4.78, 5) is 21.6. The molecule has 4 rings (SSSR count). The number of carbonyl (C=O) groups excluding carboxylic acids is 1.